The van der Waals surface area contributed by atoms with Gasteiger partial charge in [0.1, 0.15) is 18.1 Å². The van der Waals surface area contributed by atoms with Crippen molar-refractivity contribution in [3.8, 4) is 11.5 Å². The Morgan fingerprint density at radius 1 is 1.06 bits per heavy atom. The molecule has 1 spiro atoms. The number of ether oxygens (including phenoxy) is 2. The molecule has 0 aromatic heterocycles. The Kier molecular flexibility index (Phi) is 9.55. The van der Waals surface area contributed by atoms with E-state index in [0.717, 1.165) is 57.7 Å². The summed E-state index contributed by atoms with van der Waals surface area (Å²) in [6.07, 6.45) is 6.74. The summed E-state index contributed by atoms with van der Waals surface area (Å²) in [5.74, 6) is 2.34. The second-order valence-corrected chi connectivity index (χ2v) is 11.4. The smallest absolute Gasteiger partial charge is 0.260 e. The molecular formula is C30H41ClN2O3. The lowest BCUT2D eigenvalue weighted by Gasteiger charge is -2.45. The van der Waals surface area contributed by atoms with Gasteiger partial charge < -0.3 is 14.4 Å². The number of aryl methyl sites for hydroxylation is 1. The Labute approximate surface area is 221 Å². The first kappa shape index (κ1) is 26.8. The molecule has 1 amide bonds. The summed E-state index contributed by atoms with van der Waals surface area (Å²) >= 11 is 6.04. The van der Waals surface area contributed by atoms with Gasteiger partial charge >= 0.3 is 0 Å². The lowest BCUT2D eigenvalue weighted by atomic mass is 9.73. The molecule has 4 rings (SSSR count). The molecule has 0 bridgehead atoms. The fourth-order valence-electron chi connectivity index (χ4n) is 5.69. The first-order valence-electron chi connectivity index (χ1n) is 13.5. The van der Waals surface area contributed by atoms with Gasteiger partial charge in [-0.25, -0.2) is 0 Å². The molecule has 2 aromatic carbocycles. The second kappa shape index (κ2) is 12.8. The molecule has 2 aliphatic heterocycles. The molecule has 0 radical (unpaired) electrons. The molecule has 6 heteroatoms. The van der Waals surface area contributed by atoms with Crippen LogP contribution in [0.1, 0.15) is 51.5 Å². The largest absolute Gasteiger partial charge is 0.492 e. The van der Waals surface area contributed by atoms with Gasteiger partial charge in [-0.1, -0.05) is 56.1 Å². The average Bonchev–Trinajstić information content (AvgIpc) is 2.85. The number of hydrogen-bond acceptors (Lipinski definition) is 4. The van der Waals surface area contributed by atoms with Crippen molar-refractivity contribution in [1.82, 2.24) is 9.80 Å². The van der Waals surface area contributed by atoms with E-state index in [2.05, 4.69) is 43.0 Å². The van der Waals surface area contributed by atoms with Crippen LogP contribution in [0, 0.1) is 11.3 Å². The van der Waals surface area contributed by atoms with Crippen LogP contribution < -0.4 is 9.47 Å². The monoisotopic (exact) mass is 512 g/mol. The van der Waals surface area contributed by atoms with Crippen molar-refractivity contribution in [1.29, 1.82) is 0 Å². The number of nitrogens with zero attached hydrogens (tertiary/aromatic N) is 2. The summed E-state index contributed by atoms with van der Waals surface area (Å²) in [6.45, 7) is 10.0. The molecule has 0 N–H and O–H groups in total. The molecule has 1 saturated heterocycles. The maximum absolute atomic E-state index is 12.9. The van der Waals surface area contributed by atoms with Gasteiger partial charge in [0.05, 0.1) is 0 Å². The Bertz CT molecular complexity index is 988. The summed E-state index contributed by atoms with van der Waals surface area (Å²) in [5, 5.41) is 0.613. The summed E-state index contributed by atoms with van der Waals surface area (Å²) in [6, 6.07) is 15.7. The molecule has 5 nitrogen and oxygen atoms in total. The van der Waals surface area contributed by atoms with Gasteiger partial charge in [0.15, 0.2) is 6.61 Å². The maximum Gasteiger partial charge on any atom is 0.260 e. The molecule has 1 fully saturated rings. The van der Waals surface area contributed by atoms with Crippen LogP contribution in [0.4, 0.5) is 0 Å². The van der Waals surface area contributed by atoms with E-state index in [0.29, 0.717) is 23.3 Å². The highest BCUT2D eigenvalue weighted by molar-refractivity contribution is 6.30. The van der Waals surface area contributed by atoms with E-state index in [4.69, 9.17) is 21.1 Å². The predicted molar refractivity (Wildman–Crippen MR) is 146 cm³/mol. The molecule has 0 atom stereocenters. The number of piperidine rings is 1. The third-order valence-electron chi connectivity index (χ3n) is 7.56. The van der Waals surface area contributed by atoms with Gasteiger partial charge in [-0.2, -0.15) is 0 Å². The highest BCUT2D eigenvalue weighted by Crippen LogP contribution is 2.38. The molecule has 0 aliphatic carbocycles. The topological polar surface area (TPSA) is 42.0 Å². The molecule has 0 saturated carbocycles. The molecule has 0 unspecified atom stereocenters. The number of halogens is 1. The number of amides is 1. The summed E-state index contributed by atoms with van der Waals surface area (Å²) < 4.78 is 12.0. The van der Waals surface area contributed by atoms with E-state index >= 15 is 0 Å². The zero-order chi connectivity index (χ0) is 25.4. The highest BCUT2D eigenvalue weighted by Gasteiger charge is 2.37. The Morgan fingerprint density at radius 3 is 2.64 bits per heavy atom. The Morgan fingerprint density at radius 2 is 1.86 bits per heavy atom. The number of carbonyl (C=O) groups excluding carboxylic acids is 1. The van der Waals surface area contributed by atoms with Gasteiger partial charge in [-0.15, -0.1) is 0 Å². The minimum atomic E-state index is 0.0574. The van der Waals surface area contributed by atoms with Gasteiger partial charge in [0, 0.05) is 37.7 Å². The third-order valence-corrected chi connectivity index (χ3v) is 7.79. The van der Waals surface area contributed by atoms with Crippen LogP contribution >= 0.6 is 11.6 Å². The van der Waals surface area contributed by atoms with Gasteiger partial charge in [-0.05, 0) is 73.3 Å². The van der Waals surface area contributed by atoms with Crippen molar-refractivity contribution in [3.63, 3.8) is 0 Å². The van der Waals surface area contributed by atoms with Crippen LogP contribution in [-0.2, 0) is 11.2 Å². The highest BCUT2D eigenvalue weighted by atomic mass is 35.5. The lowest BCUT2D eigenvalue weighted by molar-refractivity contribution is -0.136. The SMILES string of the molecule is CC(C)CN1CCOc2ccccc2CCCCC2(CCN(C(=O)COc3cccc(Cl)c3)CC2)C1. The van der Waals surface area contributed by atoms with Crippen molar-refractivity contribution >= 4 is 17.5 Å². The average molecular weight is 513 g/mol. The molecule has 2 aromatic rings. The van der Waals surface area contributed by atoms with Gasteiger partial charge in [-0.3, -0.25) is 9.69 Å². The van der Waals surface area contributed by atoms with Crippen LogP contribution in [-0.4, -0.2) is 61.6 Å². The Balaban J connectivity index is 1.38. The predicted octanol–water partition coefficient (Wildman–Crippen LogP) is 6.09. The molecule has 36 heavy (non-hydrogen) atoms. The molecule has 2 heterocycles. The van der Waals surface area contributed by atoms with Crippen molar-refractivity contribution in [3.05, 3.63) is 59.1 Å². The number of para-hydroxylation sites is 1. The molecule has 2 aliphatic rings. The number of carbonyl (C=O) groups is 1. The zero-order valence-electron chi connectivity index (χ0n) is 21.9. The lowest BCUT2D eigenvalue weighted by Crippen LogP contribution is -2.50. The number of rotatable bonds is 5. The van der Waals surface area contributed by atoms with E-state index in [1.165, 1.54) is 24.8 Å². The number of likely N-dealkylation sites (tertiary alicyclic amines) is 1. The normalized spacial score (nSPS) is 19.2. The standard InChI is InChI=1S/C30H41ClN2O3/c1-24(2)21-32-18-19-35-28-12-4-3-8-25(28)9-5-6-13-30(23-32)14-16-33(17-15-30)29(34)22-36-27-11-7-10-26(31)20-27/h3-4,7-8,10-12,20,24H,5-6,9,13-19,21-23H2,1-2H3. The maximum atomic E-state index is 12.9. The third kappa shape index (κ3) is 7.63. The fourth-order valence-corrected chi connectivity index (χ4v) is 5.87. The zero-order valence-corrected chi connectivity index (χ0v) is 22.6. The number of benzene rings is 2. The number of hydrogen-bond donors (Lipinski definition) is 0. The quantitative estimate of drug-likeness (QED) is 0.486. The minimum absolute atomic E-state index is 0.0574. The van der Waals surface area contributed by atoms with Crippen molar-refractivity contribution < 1.29 is 14.3 Å². The first-order valence-corrected chi connectivity index (χ1v) is 13.9. The van der Waals surface area contributed by atoms with E-state index in [1.54, 1.807) is 12.1 Å². The van der Waals surface area contributed by atoms with Crippen molar-refractivity contribution in [2.45, 2.75) is 52.4 Å². The van der Waals surface area contributed by atoms with Crippen molar-refractivity contribution in [2.75, 3.05) is 45.9 Å². The second-order valence-electron chi connectivity index (χ2n) is 10.9. The fraction of sp³-hybridized carbons (Fsp3) is 0.567. The minimum Gasteiger partial charge on any atom is -0.492 e. The van der Waals surface area contributed by atoms with E-state index in [9.17, 15) is 4.79 Å². The van der Waals surface area contributed by atoms with E-state index in [-0.39, 0.29) is 17.9 Å². The van der Waals surface area contributed by atoms with Crippen LogP contribution in [0.2, 0.25) is 5.02 Å². The van der Waals surface area contributed by atoms with Crippen molar-refractivity contribution in [2.24, 2.45) is 11.3 Å². The van der Waals surface area contributed by atoms with Crippen LogP contribution in [0.15, 0.2) is 48.5 Å². The van der Waals surface area contributed by atoms with E-state index in [1.807, 2.05) is 17.0 Å². The van der Waals surface area contributed by atoms with E-state index < -0.39 is 0 Å². The molecular weight excluding hydrogens is 472 g/mol. The number of fused-ring (bicyclic) bond motifs is 1. The Hall–Kier alpha value is -2.24. The summed E-state index contributed by atoms with van der Waals surface area (Å²) in [4.78, 5) is 17.5. The van der Waals surface area contributed by atoms with Crippen LogP contribution in [0.3, 0.4) is 0 Å². The summed E-state index contributed by atoms with van der Waals surface area (Å²) in [7, 11) is 0. The van der Waals surface area contributed by atoms with Crippen LogP contribution in [0.25, 0.3) is 0 Å². The van der Waals surface area contributed by atoms with Gasteiger partial charge in [0.2, 0.25) is 0 Å². The summed E-state index contributed by atoms with van der Waals surface area (Å²) in [5.41, 5.74) is 1.57. The van der Waals surface area contributed by atoms with Gasteiger partial charge in [0.25, 0.3) is 5.91 Å². The first-order chi connectivity index (χ1) is 17.4. The van der Waals surface area contributed by atoms with Crippen LogP contribution in [0.5, 0.6) is 11.5 Å². The molecule has 196 valence electrons.